The lowest BCUT2D eigenvalue weighted by Gasteiger charge is -2.09. The average Bonchev–Trinajstić information content (AvgIpc) is 2.60. The van der Waals surface area contributed by atoms with E-state index in [1.54, 1.807) is 0 Å². The van der Waals surface area contributed by atoms with Crippen molar-refractivity contribution < 1.29 is 19.8 Å². The van der Waals surface area contributed by atoms with E-state index in [2.05, 4.69) is 5.32 Å². The Bertz CT molecular complexity index is 519. The normalized spacial score (nSPS) is 24.3. The maximum atomic E-state index is 12.1. The molecule has 0 aliphatic carbocycles. The Morgan fingerprint density at radius 3 is 3.27 bits per heavy atom. The van der Waals surface area contributed by atoms with Crippen LogP contribution in [-0.2, 0) is 0 Å². The van der Waals surface area contributed by atoms with Crippen LogP contribution in [-0.4, -0.2) is 25.6 Å². The quantitative estimate of drug-likeness (QED) is 0.763. The predicted molar refractivity (Wildman–Crippen MR) is 55.4 cm³/mol. The molecule has 0 spiro atoms. The summed E-state index contributed by atoms with van der Waals surface area (Å²) < 4.78 is 39.2. The number of benzene rings is 1. The van der Waals surface area contributed by atoms with Gasteiger partial charge in [0.1, 0.15) is 2.74 Å². The lowest BCUT2D eigenvalue weighted by Crippen LogP contribution is -2.30. The molecule has 1 aromatic rings. The molecule has 0 radical (unpaired) electrons. The van der Waals surface area contributed by atoms with E-state index in [0.29, 0.717) is 0 Å². The van der Waals surface area contributed by atoms with Gasteiger partial charge in [0.2, 0.25) is 6.75 Å². The van der Waals surface area contributed by atoms with Gasteiger partial charge in [-0.2, -0.15) is 0 Å². The molecule has 2 rings (SSSR count). The number of likely N-dealkylation sites (N-methyl/N-ethyl adjacent to an activating group) is 1. The summed E-state index contributed by atoms with van der Waals surface area (Å²) in [6.07, 6.45) is 0. The van der Waals surface area contributed by atoms with Gasteiger partial charge in [0, 0.05) is 6.93 Å². The molecule has 0 unspecified atom stereocenters. The number of carbonyl (C=O) groups is 1. The molecule has 15 heavy (non-hydrogen) atoms. The summed E-state index contributed by atoms with van der Waals surface area (Å²) in [6, 6.07) is 2.57. The molecule has 1 aromatic carbocycles. The van der Waals surface area contributed by atoms with Gasteiger partial charge < -0.3 is 14.8 Å². The number of Topliss-reactive ketones (excluding diaryl/α,β-unsaturated/α-hetero) is 1. The Balaban J connectivity index is 2.27. The minimum Gasteiger partial charge on any atom is -0.454 e. The highest BCUT2D eigenvalue weighted by Crippen LogP contribution is 2.32. The van der Waals surface area contributed by atoms with Gasteiger partial charge in [0.15, 0.2) is 17.3 Å². The second-order valence-electron chi connectivity index (χ2n) is 3.08. The molecule has 0 fully saturated rings. The SMILES string of the molecule is [2H]CN[C@@]([2H])(C)C(=O)c1ccc2c(c1)OC([2H])([2H])O2. The number of hydrogen-bond acceptors (Lipinski definition) is 4. The molecule has 1 heterocycles. The molecule has 4 nitrogen and oxygen atoms in total. The molecule has 1 aliphatic rings. The van der Waals surface area contributed by atoms with Crippen LogP contribution in [0, 0.1) is 0 Å². The van der Waals surface area contributed by atoms with Crippen LogP contribution in [0.1, 0.15) is 22.8 Å². The van der Waals surface area contributed by atoms with E-state index < -0.39 is 18.5 Å². The number of nitrogens with one attached hydrogen (secondary N) is 1. The molecule has 4 heteroatoms. The van der Waals surface area contributed by atoms with Crippen molar-refractivity contribution in [3.8, 4) is 11.5 Å². The Kier molecular flexibility index (Phi) is 1.59. The molecule has 1 N–H and O–H groups in total. The third-order valence-corrected chi connectivity index (χ3v) is 2.11. The van der Waals surface area contributed by atoms with Crippen molar-refractivity contribution in [2.45, 2.75) is 12.9 Å². The summed E-state index contributed by atoms with van der Waals surface area (Å²) in [4.78, 5) is 12.1. The maximum Gasteiger partial charge on any atom is 0.231 e. The first-order valence-corrected chi connectivity index (χ1v) is 4.36. The fourth-order valence-electron chi connectivity index (χ4n) is 1.22. The van der Waals surface area contributed by atoms with Crippen LogP contribution in [0.5, 0.6) is 11.5 Å². The van der Waals surface area contributed by atoms with E-state index in [4.69, 9.17) is 15.0 Å². The van der Waals surface area contributed by atoms with Crippen molar-refractivity contribution in [3.63, 3.8) is 0 Å². The van der Waals surface area contributed by atoms with Crippen molar-refractivity contribution in [1.29, 1.82) is 0 Å². The van der Waals surface area contributed by atoms with E-state index in [1.165, 1.54) is 25.1 Å². The molecule has 0 aromatic heterocycles. The van der Waals surface area contributed by atoms with E-state index >= 15 is 0 Å². The maximum absolute atomic E-state index is 12.1. The number of ketones is 1. The Morgan fingerprint density at radius 2 is 2.47 bits per heavy atom. The van der Waals surface area contributed by atoms with Crippen molar-refractivity contribution in [3.05, 3.63) is 23.8 Å². The highest BCUT2D eigenvalue weighted by atomic mass is 16.7. The molecule has 0 bridgehead atoms. The third kappa shape index (κ3) is 1.80. The highest BCUT2D eigenvalue weighted by molar-refractivity contribution is 6.00. The van der Waals surface area contributed by atoms with Gasteiger partial charge in [-0.05, 0) is 32.1 Å². The van der Waals surface area contributed by atoms with Crippen LogP contribution in [0.4, 0.5) is 0 Å². The van der Waals surface area contributed by atoms with Gasteiger partial charge in [-0.25, -0.2) is 0 Å². The van der Waals surface area contributed by atoms with Crippen LogP contribution in [0.2, 0.25) is 0 Å². The number of hydrogen-bond donors (Lipinski definition) is 1. The molecular formula is C11H13NO3. The van der Waals surface area contributed by atoms with Gasteiger partial charge in [0.05, 0.1) is 7.39 Å². The van der Waals surface area contributed by atoms with Crippen molar-refractivity contribution in [2.75, 3.05) is 13.8 Å². The monoisotopic (exact) mass is 211 g/mol. The molecule has 0 saturated heterocycles. The summed E-state index contributed by atoms with van der Waals surface area (Å²) in [6.45, 7) is -0.887. The standard InChI is InChI=1S/C11H13NO3/c1-7(12-2)11(13)8-3-4-9-10(5-8)15-6-14-9/h3-5,7,12H,6H2,1-2H3/t7-/m0/s1/i2D,6D2,7D. The number of carbonyl (C=O) groups excluding carboxylic acids is 1. The Morgan fingerprint density at radius 1 is 1.67 bits per heavy atom. The zero-order valence-corrected chi connectivity index (χ0v) is 8.16. The van der Waals surface area contributed by atoms with E-state index in [1.807, 2.05) is 0 Å². The van der Waals surface area contributed by atoms with Gasteiger partial charge >= 0.3 is 0 Å². The summed E-state index contributed by atoms with van der Waals surface area (Å²) in [7, 11) is -0.251. The largest absolute Gasteiger partial charge is 0.454 e. The highest BCUT2D eigenvalue weighted by Gasteiger charge is 2.18. The summed E-state index contributed by atoms with van der Waals surface area (Å²) in [5.74, 6) is -0.196. The molecule has 1 atom stereocenters. The topological polar surface area (TPSA) is 47.6 Å². The van der Waals surface area contributed by atoms with Crippen molar-refractivity contribution in [1.82, 2.24) is 5.32 Å². The van der Waals surface area contributed by atoms with Crippen molar-refractivity contribution >= 4 is 5.78 Å². The van der Waals surface area contributed by atoms with Gasteiger partial charge in [0.25, 0.3) is 0 Å². The minimum absolute atomic E-state index is 0.123. The second kappa shape index (κ2) is 3.90. The Hall–Kier alpha value is -1.55. The van der Waals surface area contributed by atoms with Gasteiger partial charge in [-0.3, -0.25) is 4.79 Å². The zero-order valence-electron chi connectivity index (χ0n) is 12.2. The van der Waals surface area contributed by atoms with E-state index in [0.717, 1.165) is 0 Å². The molecule has 0 saturated carbocycles. The minimum atomic E-state index is -2.24. The van der Waals surface area contributed by atoms with E-state index in [-0.39, 0.29) is 24.1 Å². The average molecular weight is 211 g/mol. The predicted octanol–water partition coefficient (Wildman–Crippen LogP) is 1.21. The number of fused-ring (bicyclic) bond motifs is 1. The fraction of sp³-hybridized carbons (Fsp3) is 0.364. The lowest BCUT2D eigenvalue weighted by atomic mass is 10.1. The molecule has 80 valence electrons. The first kappa shape index (κ1) is 6.12. The molecular weight excluding hydrogens is 194 g/mol. The fourth-order valence-corrected chi connectivity index (χ4v) is 1.22. The van der Waals surface area contributed by atoms with Crippen LogP contribution in [0.3, 0.4) is 0 Å². The summed E-state index contributed by atoms with van der Waals surface area (Å²) in [5, 5.41) is 2.44. The van der Waals surface area contributed by atoms with Crippen molar-refractivity contribution in [2.24, 2.45) is 0 Å². The second-order valence-corrected chi connectivity index (χ2v) is 3.08. The lowest BCUT2D eigenvalue weighted by molar-refractivity contribution is 0.0954. The first-order chi connectivity index (χ1) is 8.75. The van der Waals surface area contributed by atoms with Crippen LogP contribution < -0.4 is 14.8 Å². The zero-order chi connectivity index (χ0) is 14.3. The third-order valence-electron chi connectivity index (χ3n) is 2.11. The first-order valence-electron chi connectivity index (χ1n) is 6.57. The van der Waals surface area contributed by atoms with Crippen LogP contribution in [0.15, 0.2) is 18.2 Å². The molecule has 0 amide bonds. The van der Waals surface area contributed by atoms with Gasteiger partial charge in [-0.15, -0.1) is 0 Å². The van der Waals surface area contributed by atoms with Gasteiger partial charge in [-0.1, -0.05) is 0 Å². The summed E-state index contributed by atoms with van der Waals surface area (Å²) in [5.41, 5.74) is 0.193. The van der Waals surface area contributed by atoms with Crippen LogP contribution in [0.25, 0.3) is 0 Å². The number of rotatable bonds is 3. The summed E-state index contributed by atoms with van der Waals surface area (Å²) >= 11 is 0. The number of ether oxygens (including phenoxy) is 2. The molecule has 1 aliphatic heterocycles. The van der Waals surface area contributed by atoms with Crippen LogP contribution >= 0.6 is 0 Å². The Labute approximate surface area is 93.8 Å². The smallest absolute Gasteiger partial charge is 0.231 e. The van der Waals surface area contributed by atoms with E-state index in [9.17, 15) is 4.79 Å².